The van der Waals surface area contributed by atoms with E-state index in [0.717, 1.165) is 18.5 Å². The maximum Gasteiger partial charge on any atom is 0.226 e. The molecule has 1 aliphatic carbocycles. The van der Waals surface area contributed by atoms with E-state index in [1.807, 2.05) is 18.2 Å². The summed E-state index contributed by atoms with van der Waals surface area (Å²) < 4.78 is 0. The first-order valence-electron chi connectivity index (χ1n) is 7.90. The van der Waals surface area contributed by atoms with Crippen LogP contribution in [-0.2, 0) is 11.2 Å². The molecule has 1 saturated carbocycles. The highest BCUT2D eigenvalue weighted by atomic mass is 35.5. The van der Waals surface area contributed by atoms with Crippen LogP contribution >= 0.6 is 23.2 Å². The number of benzene rings is 1. The Balaban J connectivity index is 1.69. The Morgan fingerprint density at radius 2 is 1.71 bits per heavy atom. The van der Waals surface area contributed by atoms with Crippen LogP contribution in [0.3, 0.4) is 0 Å². The zero-order valence-electron chi connectivity index (χ0n) is 12.2. The minimum atomic E-state index is 0.0457. The van der Waals surface area contributed by atoms with Crippen LogP contribution in [-0.4, -0.2) is 23.4 Å². The van der Waals surface area contributed by atoms with Gasteiger partial charge in [0.15, 0.2) is 0 Å². The van der Waals surface area contributed by atoms with Gasteiger partial charge in [-0.25, -0.2) is 0 Å². The lowest BCUT2D eigenvalue weighted by atomic mass is 9.94. The average Bonchev–Trinajstić information content (AvgIpc) is 2.85. The van der Waals surface area contributed by atoms with E-state index in [9.17, 15) is 4.79 Å². The molecule has 2 fully saturated rings. The van der Waals surface area contributed by atoms with Crippen molar-refractivity contribution in [2.24, 2.45) is 5.92 Å². The van der Waals surface area contributed by atoms with E-state index in [2.05, 4.69) is 4.90 Å². The van der Waals surface area contributed by atoms with Crippen molar-refractivity contribution in [1.82, 2.24) is 4.90 Å². The second-order valence-corrected chi connectivity index (χ2v) is 7.03. The Labute approximate surface area is 136 Å². The molecule has 0 aromatic heterocycles. The van der Waals surface area contributed by atoms with Crippen molar-refractivity contribution in [2.45, 2.75) is 51.0 Å². The number of hydrogen-bond donors (Lipinski definition) is 0. The van der Waals surface area contributed by atoms with E-state index in [4.69, 9.17) is 23.2 Å². The van der Waals surface area contributed by atoms with Crippen molar-refractivity contribution < 1.29 is 4.79 Å². The minimum Gasteiger partial charge on any atom is -0.339 e. The predicted octanol–water partition coefficient (Wildman–Crippen LogP) is 4.72. The maximum absolute atomic E-state index is 12.7. The van der Waals surface area contributed by atoms with Crippen molar-refractivity contribution >= 4 is 29.1 Å². The standard InChI is InChI=1S/C17H21Cl2NO/c18-15-7-4-8-16(19)14(15)11-12-9-10-20(17(12)21)13-5-2-1-3-6-13/h4,7-8,12-13H,1-3,5-6,9-11H2. The molecule has 0 N–H and O–H groups in total. The molecule has 3 rings (SSSR count). The van der Waals surface area contributed by atoms with Gasteiger partial charge in [-0.2, -0.15) is 0 Å². The molecule has 1 aliphatic heterocycles. The summed E-state index contributed by atoms with van der Waals surface area (Å²) >= 11 is 12.5. The first kappa shape index (κ1) is 15.2. The molecule has 21 heavy (non-hydrogen) atoms. The van der Waals surface area contributed by atoms with E-state index in [1.54, 1.807) is 0 Å². The van der Waals surface area contributed by atoms with Gasteiger partial charge in [0.2, 0.25) is 5.91 Å². The van der Waals surface area contributed by atoms with Crippen molar-refractivity contribution in [1.29, 1.82) is 0 Å². The molecule has 4 heteroatoms. The number of halogens is 2. The molecule has 1 saturated heterocycles. The highest BCUT2D eigenvalue weighted by Gasteiger charge is 2.36. The van der Waals surface area contributed by atoms with Gasteiger partial charge in [-0.05, 0) is 43.4 Å². The molecule has 1 aromatic rings. The molecule has 0 bridgehead atoms. The summed E-state index contributed by atoms with van der Waals surface area (Å²) in [6.07, 6.45) is 7.77. The first-order chi connectivity index (χ1) is 10.2. The van der Waals surface area contributed by atoms with Gasteiger partial charge in [0.25, 0.3) is 0 Å². The molecule has 0 spiro atoms. The molecule has 1 amide bonds. The Bertz CT molecular complexity index is 505. The van der Waals surface area contributed by atoms with E-state index in [0.29, 0.717) is 28.4 Å². The highest BCUT2D eigenvalue weighted by Crippen LogP contribution is 2.33. The van der Waals surface area contributed by atoms with Gasteiger partial charge >= 0.3 is 0 Å². The smallest absolute Gasteiger partial charge is 0.226 e. The second kappa shape index (κ2) is 6.58. The fourth-order valence-corrected chi connectivity index (χ4v) is 4.23. The molecule has 1 aromatic carbocycles. The zero-order chi connectivity index (χ0) is 14.8. The van der Waals surface area contributed by atoms with E-state index < -0.39 is 0 Å². The van der Waals surface area contributed by atoms with Crippen LogP contribution < -0.4 is 0 Å². The minimum absolute atomic E-state index is 0.0457. The largest absolute Gasteiger partial charge is 0.339 e. The Morgan fingerprint density at radius 3 is 2.38 bits per heavy atom. The van der Waals surface area contributed by atoms with Crippen LogP contribution in [0.25, 0.3) is 0 Å². The van der Waals surface area contributed by atoms with Crippen molar-refractivity contribution in [3.8, 4) is 0 Å². The molecule has 1 heterocycles. The molecule has 2 aliphatic rings. The third-order valence-electron chi connectivity index (χ3n) is 4.88. The second-order valence-electron chi connectivity index (χ2n) is 6.21. The van der Waals surface area contributed by atoms with Gasteiger partial charge in [-0.1, -0.05) is 48.5 Å². The summed E-state index contributed by atoms with van der Waals surface area (Å²) in [7, 11) is 0. The summed E-state index contributed by atoms with van der Waals surface area (Å²) in [4.78, 5) is 14.8. The number of hydrogen-bond acceptors (Lipinski definition) is 1. The first-order valence-corrected chi connectivity index (χ1v) is 8.66. The molecule has 1 unspecified atom stereocenters. The van der Waals surface area contributed by atoms with Gasteiger partial charge in [0, 0.05) is 28.5 Å². The van der Waals surface area contributed by atoms with Gasteiger partial charge < -0.3 is 4.90 Å². The molecule has 1 atom stereocenters. The fourth-order valence-electron chi connectivity index (χ4n) is 3.68. The summed E-state index contributed by atoms with van der Waals surface area (Å²) in [5.74, 6) is 0.349. The van der Waals surface area contributed by atoms with Crippen LogP contribution in [0.15, 0.2) is 18.2 Å². The SMILES string of the molecule is O=C1C(Cc2c(Cl)cccc2Cl)CCN1C1CCCCC1. The van der Waals surface area contributed by atoms with Gasteiger partial charge in [-0.15, -0.1) is 0 Å². The number of nitrogens with zero attached hydrogens (tertiary/aromatic N) is 1. The van der Waals surface area contributed by atoms with Crippen molar-refractivity contribution in [3.63, 3.8) is 0 Å². The summed E-state index contributed by atoms with van der Waals surface area (Å²) in [5, 5.41) is 1.35. The lowest BCUT2D eigenvalue weighted by molar-refractivity contribution is -0.133. The van der Waals surface area contributed by atoms with Crippen molar-refractivity contribution in [3.05, 3.63) is 33.8 Å². The van der Waals surface area contributed by atoms with Crippen LogP contribution in [0, 0.1) is 5.92 Å². The van der Waals surface area contributed by atoms with Crippen LogP contribution in [0.1, 0.15) is 44.1 Å². The lowest BCUT2D eigenvalue weighted by Gasteiger charge is -2.31. The van der Waals surface area contributed by atoms with E-state index in [-0.39, 0.29) is 5.92 Å². The van der Waals surface area contributed by atoms with Gasteiger partial charge in [0.1, 0.15) is 0 Å². The molecule has 0 radical (unpaired) electrons. The monoisotopic (exact) mass is 325 g/mol. The zero-order valence-corrected chi connectivity index (χ0v) is 13.7. The molecular weight excluding hydrogens is 305 g/mol. The molecular formula is C17H21Cl2NO. The normalized spacial score (nSPS) is 23.8. The maximum atomic E-state index is 12.7. The quantitative estimate of drug-likeness (QED) is 0.787. The molecule has 114 valence electrons. The predicted molar refractivity (Wildman–Crippen MR) is 86.9 cm³/mol. The topological polar surface area (TPSA) is 20.3 Å². The Morgan fingerprint density at radius 1 is 1.05 bits per heavy atom. The third kappa shape index (κ3) is 3.22. The number of rotatable bonds is 3. The summed E-state index contributed by atoms with van der Waals surface area (Å²) in [5.41, 5.74) is 0.921. The van der Waals surface area contributed by atoms with Crippen molar-refractivity contribution in [2.75, 3.05) is 6.54 Å². The van der Waals surface area contributed by atoms with E-state index >= 15 is 0 Å². The van der Waals surface area contributed by atoms with Gasteiger partial charge in [0.05, 0.1) is 0 Å². The number of carbonyl (C=O) groups excluding carboxylic acids is 1. The number of carbonyl (C=O) groups is 1. The van der Waals surface area contributed by atoms with Crippen LogP contribution in [0.5, 0.6) is 0 Å². The summed E-state index contributed by atoms with van der Waals surface area (Å²) in [6.45, 7) is 0.899. The van der Waals surface area contributed by atoms with Gasteiger partial charge in [-0.3, -0.25) is 4.79 Å². The van der Waals surface area contributed by atoms with Crippen LogP contribution in [0.2, 0.25) is 10.0 Å². The van der Waals surface area contributed by atoms with E-state index in [1.165, 1.54) is 32.1 Å². The Hall–Kier alpha value is -0.730. The number of likely N-dealkylation sites (tertiary alicyclic amines) is 1. The third-order valence-corrected chi connectivity index (χ3v) is 5.59. The molecule has 2 nitrogen and oxygen atoms in total. The summed E-state index contributed by atoms with van der Waals surface area (Å²) in [6, 6.07) is 6.01. The average molecular weight is 326 g/mol. The number of amides is 1. The lowest BCUT2D eigenvalue weighted by Crippen LogP contribution is -2.39. The Kier molecular flexibility index (Phi) is 4.75. The highest BCUT2D eigenvalue weighted by molar-refractivity contribution is 6.36. The van der Waals surface area contributed by atoms with Crippen LogP contribution in [0.4, 0.5) is 0 Å². The fraction of sp³-hybridized carbons (Fsp3) is 0.588.